The molecule has 14 heavy (non-hydrogen) atoms. The molecule has 0 aromatic heterocycles. The van der Waals surface area contributed by atoms with E-state index in [0.29, 0.717) is 0 Å². The summed E-state index contributed by atoms with van der Waals surface area (Å²) in [7, 11) is 0. The van der Waals surface area contributed by atoms with E-state index in [1.165, 1.54) is 0 Å². The maximum atomic E-state index is 11.6. The molecule has 0 N–H and O–H groups in total. The number of carbonyl (C=O) groups excluding carboxylic acids is 1. The number of nitrogens with zero attached hydrogens (tertiary/aromatic N) is 1. The number of hydrogen-bond donors (Lipinski definition) is 0. The van der Waals surface area contributed by atoms with E-state index in [4.69, 9.17) is 4.74 Å². The Balaban J connectivity index is 2.54. The third-order valence-corrected chi connectivity index (χ3v) is 2.43. The Morgan fingerprint density at radius 1 is 1.64 bits per heavy atom. The molecule has 1 rings (SSSR count). The van der Waals surface area contributed by atoms with Crippen molar-refractivity contribution in [2.45, 2.75) is 32.8 Å². The van der Waals surface area contributed by atoms with Gasteiger partial charge in [0.25, 0.3) is 0 Å². The van der Waals surface area contributed by atoms with Gasteiger partial charge >= 0.3 is 0 Å². The number of allylic oxidation sites excluding steroid dienone is 1. The molecule has 1 fully saturated rings. The topological polar surface area (TPSA) is 29.5 Å². The average molecular weight is 197 g/mol. The summed E-state index contributed by atoms with van der Waals surface area (Å²) in [5.41, 5.74) is 0. The monoisotopic (exact) mass is 197 g/mol. The van der Waals surface area contributed by atoms with Gasteiger partial charge in [-0.15, -0.1) is 0 Å². The first-order chi connectivity index (χ1) is 6.77. The van der Waals surface area contributed by atoms with Crippen molar-refractivity contribution in [3.05, 3.63) is 12.2 Å². The molecule has 1 aliphatic rings. The van der Waals surface area contributed by atoms with E-state index in [0.717, 1.165) is 32.5 Å². The van der Waals surface area contributed by atoms with Crippen molar-refractivity contribution < 1.29 is 9.53 Å². The van der Waals surface area contributed by atoms with Crippen molar-refractivity contribution in [1.29, 1.82) is 0 Å². The zero-order chi connectivity index (χ0) is 10.4. The summed E-state index contributed by atoms with van der Waals surface area (Å²) < 4.78 is 5.59. The molecule has 80 valence electrons. The van der Waals surface area contributed by atoms with Crippen molar-refractivity contribution in [2.75, 3.05) is 19.7 Å². The van der Waals surface area contributed by atoms with Crippen LogP contribution in [0.25, 0.3) is 0 Å². The fraction of sp³-hybridized carbons (Fsp3) is 0.727. The van der Waals surface area contributed by atoms with Crippen LogP contribution in [0.4, 0.5) is 0 Å². The van der Waals surface area contributed by atoms with Crippen LogP contribution < -0.4 is 0 Å². The van der Waals surface area contributed by atoms with Gasteiger partial charge in [-0.05, 0) is 25.8 Å². The number of carbonyl (C=O) groups is 1. The highest BCUT2D eigenvalue weighted by atomic mass is 16.5. The van der Waals surface area contributed by atoms with E-state index in [-0.39, 0.29) is 12.0 Å². The summed E-state index contributed by atoms with van der Waals surface area (Å²) in [6.07, 6.45) is 5.54. The molecule has 3 heteroatoms. The summed E-state index contributed by atoms with van der Waals surface area (Å²) >= 11 is 0. The normalized spacial score (nSPS) is 23.9. The number of ether oxygens (including phenoxy) is 1. The fourth-order valence-corrected chi connectivity index (χ4v) is 1.59. The average Bonchev–Trinajstić information content (AvgIpc) is 2.43. The molecular formula is C11H19NO2. The van der Waals surface area contributed by atoms with E-state index >= 15 is 0 Å². The minimum absolute atomic E-state index is 0.108. The fourth-order valence-electron chi connectivity index (χ4n) is 1.59. The minimum Gasteiger partial charge on any atom is -0.376 e. The van der Waals surface area contributed by atoms with Gasteiger partial charge in [0.2, 0.25) is 5.91 Å². The minimum atomic E-state index is 0.108. The first kappa shape index (κ1) is 11.2. The van der Waals surface area contributed by atoms with Crippen LogP contribution in [0, 0.1) is 0 Å². The lowest BCUT2D eigenvalue weighted by atomic mass is 10.2. The molecular weight excluding hydrogens is 178 g/mol. The maximum absolute atomic E-state index is 11.6. The van der Waals surface area contributed by atoms with Gasteiger partial charge in [-0.1, -0.05) is 13.0 Å². The lowest BCUT2D eigenvalue weighted by Crippen LogP contribution is -2.35. The molecule has 1 saturated heterocycles. The molecule has 1 aliphatic heterocycles. The van der Waals surface area contributed by atoms with Gasteiger partial charge in [0, 0.05) is 19.7 Å². The molecule has 0 aromatic carbocycles. The summed E-state index contributed by atoms with van der Waals surface area (Å²) in [5.74, 6) is 0.108. The van der Waals surface area contributed by atoms with Gasteiger partial charge in [-0.3, -0.25) is 4.79 Å². The van der Waals surface area contributed by atoms with Gasteiger partial charge in [0.05, 0.1) is 6.10 Å². The van der Waals surface area contributed by atoms with Crippen molar-refractivity contribution in [1.82, 2.24) is 4.90 Å². The molecule has 3 nitrogen and oxygen atoms in total. The summed E-state index contributed by atoms with van der Waals surface area (Å²) in [6, 6.07) is 0. The molecule has 0 spiro atoms. The van der Waals surface area contributed by atoms with Gasteiger partial charge in [-0.2, -0.15) is 0 Å². The molecule has 1 unspecified atom stereocenters. The van der Waals surface area contributed by atoms with Gasteiger partial charge in [0.15, 0.2) is 0 Å². The number of hydrogen-bond acceptors (Lipinski definition) is 2. The summed E-state index contributed by atoms with van der Waals surface area (Å²) in [4.78, 5) is 13.5. The SMILES string of the molecule is C/C=C/C(=O)N1CCCOC(CC)C1. The molecule has 0 aromatic rings. The van der Waals surface area contributed by atoms with E-state index in [1.54, 1.807) is 12.2 Å². The Kier molecular flexibility index (Phi) is 4.66. The van der Waals surface area contributed by atoms with Crippen LogP contribution in [0.15, 0.2) is 12.2 Å². The van der Waals surface area contributed by atoms with Crippen LogP contribution >= 0.6 is 0 Å². The Hall–Kier alpha value is -0.830. The standard InChI is InChI=1S/C11H19NO2/c1-3-6-11(13)12-7-5-8-14-10(4-2)9-12/h3,6,10H,4-5,7-9H2,1-2H3/b6-3+. The van der Waals surface area contributed by atoms with Crippen LogP contribution in [0.5, 0.6) is 0 Å². The van der Waals surface area contributed by atoms with Gasteiger partial charge in [0.1, 0.15) is 0 Å². The molecule has 0 aliphatic carbocycles. The highest BCUT2D eigenvalue weighted by molar-refractivity contribution is 5.87. The van der Waals surface area contributed by atoms with Crippen molar-refractivity contribution >= 4 is 5.91 Å². The predicted molar refractivity (Wildman–Crippen MR) is 56.0 cm³/mol. The molecule has 0 bridgehead atoms. The van der Waals surface area contributed by atoms with E-state index in [2.05, 4.69) is 6.92 Å². The molecule has 0 radical (unpaired) electrons. The molecule has 1 heterocycles. The lowest BCUT2D eigenvalue weighted by molar-refractivity contribution is -0.126. The first-order valence-electron chi connectivity index (χ1n) is 5.31. The lowest BCUT2D eigenvalue weighted by Gasteiger charge is -2.21. The van der Waals surface area contributed by atoms with E-state index in [1.807, 2.05) is 11.8 Å². The Bertz CT molecular complexity index is 213. The van der Waals surface area contributed by atoms with E-state index in [9.17, 15) is 4.79 Å². The predicted octanol–water partition coefficient (Wildman–Crippen LogP) is 1.59. The maximum Gasteiger partial charge on any atom is 0.246 e. The van der Waals surface area contributed by atoms with Gasteiger partial charge in [-0.25, -0.2) is 0 Å². The van der Waals surface area contributed by atoms with Crippen LogP contribution in [-0.4, -0.2) is 36.6 Å². The van der Waals surface area contributed by atoms with Crippen LogP contribution in [0.3, 0.4) is 0 Å². The molecule has 1 atom stereocenters. The second-order valence-corrected chi connectivity index (χ2v) is 3.54. The number of amides is 1. The van der Waals surface area contributed by atoms with Crippen LogP contribution in [-0.2, 0) is 9.53 Å². The first-order valence-corrected chi connectivity index (χ1v) is 5.31. The van der Waals surface area contributed by atoms with Crippen LogP contribution in [0.2, 0.25) is 0 Å². The Morgan fingerprint density at radius 3 is 3.07 bits per heavy atom. The van der Waals surface area contributed by atoms with Crippen LogP contribution in [0.1, 0.15) is 26.7 Å². The summed E-state index contributed by atoms with van der Waals surface area (Å²) in [5, 5.41) is 0. The third-order valence-electron chi connectivity index (χ3n) is 2.43. The van der Waals surface area contributed by atoms with Crippen molar-refractivity contribution in [2.24, 2.45) is 0 Å². The third kappa shape index (κ3) is 3.14. The second kappa shape index (κ2) is 5.81. The summed E-state index contributed by atoms with van der Waals surface area (Å²) in [6.45, 7) is 6.29. The largest absolute Gasteiger partial charge is 0.376 e. The zero-order valence-corrected chi connectivity index (χ0v) is 9.03. The second-order valence-electron chi connectivity index (χ2n) is 3.54. The highest BCUT2D eigenvalue weighted by Crippen LogP contribution is 2.09. The van der Waals surface area contributed by atoms with Crippen molar-refractivity contribution in [3.8, 4) is 0 Å². The van der Waals surface area contributed by atoms with E-state index < -0.39 is 0 Å². The molecule has 0 saturated carbocycles. The Morgan fingerprint density at radius 2 is 2.43 bits per heavy atom. The quantitative estimate of drug-likeness (QED) is 0.629. The highest BCUT2D eigenvalue weighted by Gasteiger charge is 2.19. The van der Waals surface area contributed by atoms with Gasteiger partial charge < -0.3 is 9.64 Å². The smallest absolute Gasteiger partial charge is 0.246 e. The Labute approximate surface area is 85.7 Å². The van der Waals surface area contributed by atoms with Crippen molar-refractivity contribution in [3.63, 3.8) is 0 Å². The molecule has 1 amide bonds. The number of rotatable bonds is 2. The zero-order valence-electron chi connectivity index (χ0n) is 9.03.